The minimum absolute atomic E-state index is 0.594. The first-order valence-corrected chi connectivity index (χ1v) is 6.52. The molecule has 1 aromatic heterocycles. The van der Waals surface area contributed by atoms with E-state index in [0.29, 0.717) is 18.3 Å². The molecule has 1 N–H and O–H groups in total. The van der Waals surface area contributed by atoms with Crippen LogP contribution in [-0.4, -0.2) is 22.9 Å². The lowest BCUT2D eigenvalue weighted by molar-refractivity contribution is 0.372. The van der Waals surface area contributed by atoms with Crippen LogP contribution in [-0.2, 0) is 6.54 Å². The van der Waals surface area contributed by atoms with E-state index in [0.717, 1.165) is 11.3 Å². The maximum Gasteiger partial charge on any atom is 0.240 e. The third-order valence-electron chi connectivity index (χ3n) is 2.22. The van der Waals surface area contributed by atoms with Gasteiger partial charge in [0, 0.05) is 10.5 Å². The molecule has 4 nitrogen and oxygen atoms in total. The van der Waals surface area contributed by atoms with E-state index in [1.54, 1.807) is 0 Å². The summed E-state index contributed by atoms with van der Waals surface area (Å²) in [6, 6.07) is 8.20. The fourth-order valence-electron chi connectivity index (χ4n) is 1.46. The predicted molar refractivity (Wildman–Crippen MR) is 68.9 cm³/mol. The van der Waals surface area contributed by atoms with Crippen LogP contribution in [0.3, 0.4) is 0 Å². The van der Waals surface area contributed by atoms with Gasteiger partial charge < -0.3 is 9.84 Å². The number of nitrogens with zero attached hydrogens (tertiary/aromatic N) is 2. The molecule has 0 saturated carbocycles. The number of aromatic nitrogens is 2. The van der Waals surface area contributed by atoms with Gasteiger partial charge in [-0.3, -0.25) is 0 Å². The molecule has 90 valence electrons. The molecule has 0 spiro atoms. The van der Waals surface area contributed by atoms with Crippen molar-refractivity contribution in [3.8, 4) is 11.4 Å². The molecule has 17 heavy (non-hydrogen) atoms. The molecule has 0 bridgehead atoms. The van der Waals surface area contributed by atoms with Crippen molar-refractivity contribution in [3.05, 3.63) is 30.2 Å². The van der Waals surface area contributed by atoms with Gasteiger partial charge in [-0.1, -0.05) is 12.1 Å². The zero-order valence-electron chi connectivity index (χ0n) is 9.93. The summed E-state index contributed by atoms with van der Waals surface area (Å²) in [4.78, 5) is 5.56. The number of thioether (sulfide) groups is 1. The van der Waals surface area contributed by atoms with E-state index < -0.39 is 0 Å². The number of hydrogen-bond donors (Lipinski definition) is 1. The molecular weight excluding hydrogens is 234 g/mol. The molecule has 0 amide bonds. The van der Waals surface area contributed by atoms with Gasteiger partial charge in [-0.2, -0.15) is 4.98 Å². The van der Waals surface area contributed by atoms with E-state index in [2.05, 4.69) is 34.5 Å². The first kappa shape index (κ1) is 12.1. The van der Waals surface area contributed by atoms with Gasteiger partial charge in [-0.05, 0) is 37.1 Å². The van der Waals surface area contributed by atoms with Gasteiger partial charge in [-0.25, -0.2) is 0 Å². The summed E-state index contributed by atoms with van der Waals surface area (Å²) in [7, 11) is 1.85. The standard InChI is InChI=1S/C12H15N3OS/c1-3-17-10-6-4-9(5-7-10)12-14-11(8-13-2)16-15-12/h4-7,13H,3,8H2,1-2H3. The van der Waals surface area contributed by atoms with Crippen molar-refractivity contribution in [2.45, 2.75) is 18.4 Å². The van der Waals surface area contributed by atoms with Gasteiger partial charge in [-0.15, -0.1) is 11.8 Å². The average Bonchev–Trinajstić information content (AvgIpc) is 2.80. The van der Waals surface area contributed by atoms with Gasteiger partial charge in [0.15, 0.2) is 0 Å². The molecule has 2 rings (SSSR count). The zero-order valence-corrected chi connectivity index (χ0v) is 10.8. The Labute approximate surface area is 105 Å². The van der Waals surface area contributed by atoms with E-state index >= 15 is 0 Å². The SMILES string of the molecule is CCSc1ccc(-c2noc(CNC)n2)cc1. The Morgan fingerprint density at radius 3 is 2.71 bits per heavy atom. The molecule has 0 aliphatic carbocycles. The van der Waals surface area contributed by atoms with Gasteiger partial charge in [0.25, 0.3) is 0 Å². The number of nitrogens with one attached hydrogen (secondary N) is 1. The second-order valence-corrected chi connectivity index (χ2v) is 4.84. The van der Waals surface area contributed by atoms with Crippen molar-refractivity contribution in [2.75, 3.05) is 12.8 Å². The first-order chi connectivity index (χ1) is 8.33. The van der Waals surface area contributed by atoms with E-state index in [4.69, 9.17) is 4.52 Å². The Morgan fingerprint density at radius 1 is 1.29 bits per heavy atom. The van der Waals surface area contributed by atoms with Gasteiger partial charge in [0.05, 0.1) is 6.54 Å². The topological polar surface area (TPSA) is 51.0 Å². The lowest BCUT2D eigenvalue weighted by Gasteiger charge is -1.98. The average molecular weight is 249 g/mol. The summed E-state index contributed by atoms with van der Waals surface area (Å²) in [5.74, 6) is 2.33. The van der Waals surface area contributed by atoms with Crippen molar-refractivity contribution in [1.82, 2.24) is 15.5 Å². The van der Waals surface area contributed by atoms with E-state index in [9.17, 15) is 0 Å². The number of rotatable bonds is 5. The molecule has 0 saturated heterocycles. The Morgan fingerprint density at radius 2 is 2.06 bits per heavy atom. The van der Waals surface area contributed by atoms with Crippen molar-refractivity contribution in [3.63, 3.8) is 0 Å². The second-order valence-electron chi connectivity index (χ2n) is 3.50. The second kappa shape index (κ2) is 5.84. The Bertz CT molecular complexity index is 467. The van der Waals surface area contributed by atoms with E-state index in [-0.39, 0.29) is 0 Å². The smallest absolute Gasteiger partial charge is 0.240 e. The van der Waals surface area contributed by atoms with E-state index in [1.807, 2.05) is 30.9 Å². The first-order valence-electron chi connectivity index (χ1n) is 5.54. The fraction of sp³-hybridized carbons (Fsp3) is 0.333. The van der Waals surface area contributed by atoms with Crippen LogP contribution in [0.4, 0.5) is 0 Å². The molecule has 1 heterocycles. The van der Waals surface area contributed by atoms with Crippen LogP contribution in [0, 0.1) is 0 Å². The maximum atomic E-state index is 5.11. The lowest BCUT2D eigenvalue weighted by atomic mass is 10.2. The predicted octanol–water partition coefficient (Wildman–Crippen LogP) is 2.57. The third-order valence-corrected chi connectivity index (χ3v) is 3.11. The highest BCUT2D eigenvalue weighted by Gasteiger charge is 2.07. The number of benzene rings is 1. The van der Waals surface area contributed by atoms with Crippen LogP contribution in [0.5, 0.6) is 0 Å². The van der Waals surface area contributed by atoms with Crippen LogP contribution in [0.15, 0.2) is 33.7 Å². The van der Waals surface area contributed by atoms with Crippen LogP contribution >= 0.6 is 11.8 Å². The highest BCUT2D eigenvalue weighted by molar-refractivity contribution is 7.99. The molecule has 0 aliphatic heterocycles. The quantitative estimate of drug-likeness (QED) is 0.825. The monoisotopic (exact) mass is 249 g/mol. The van der Waals surface area contributed by atoms with Crippen LogP contribution < -0.4 is 5.32 Å². The van der Waals surface area contributed by atoms with Crippen molar-refractivity contribution in [1.29, 1.82) is 0 Å². The highest BCUT2D eigenvalue weighted by atomic mass is 32.2. The van der Waals surface area contributed by atoms with Crippen LogP contribution in [0.25, 0.3) is 11.4 Å². The number of hydrogen-bond acceptors (Lipinski definition) is 5. The fourth-order valence-corrected chi connectivity index (χ4v) is 2.12. The molecule has 0 atom stereocenters. The summed E-state index contributed by atoms with van der Waals surface area (Å²) >= 11 is 1.82. The van der Waals surface area contributed by atoms with Crippen LogP contribution in [0.1, 0.15) is 12.8 Å². The minimum atomic E-state index is 0.594. The van der Waals surface area contributed by atoms with Gasteiger partial charge in [0.2, 0.25) is 11.7 Å². The Hall–Kier alpha value is -1.33. The summed E-state index contributed by atoms with van der Waals surface area (Å²) in [6.07, 6.45) is 0. The van der Waals surface area contributed by atoms with Crippen molar-refractivity contribution >= 4 is 11.8 Å². The zero-order chi connectivity index (χ0) is 12.1. The minimum Gasteiger partial charge on any atom is -0.338 e. The third kappa shape index (κ3) is 3.08. The molecule has 1 aromatic carbocycles. The molecule has 0 unspecified atom stereocenters. The Kier molecular flexibility index (Phi) is 4.17. The molecule has 0 radical (unpaired) electrons. The summed E-state index contributed by atoms with van der Waals surface area (Å²) < 4.78 is 5.11. The van der Waals surface area contributed by atoms with Crippen LogP contribution in [0.2, 0.25) is 0 Å². The van der Waals surface area contributed by atoms with Gasteiger partial charge >= 0.3 is 0 Å². The van der Waals surface area contributed by atoms with Crippen molar-refractivity contribution < 1.29 is 4.52 Å². The summed E-state index contributed by atoms with van der Waals surface area (Å²) in [6.45, 7) is 2.73. The summed E-state index contributed by atoms with van der Waals surface area (Å²) in [5, 5.41) is 6.92. The van der Waals surface area contributed by atoms with Crippen molar-refractivity contribution in [2.24, 2.45) is 0 Å². The Balaban J connectivity index is 2.15. The molecule has 2 aromatic rings. The van der Waals surface area contributed by atoms with Gasteiger partial charge in [0.1, 0.15) is 0 Å². The van der Waals surface area contributed by atoms with E-state index in [1.165, 1.54) is 4.90 Å². The maximum absolute atomic E-state index is 5.11. The molecule has 5 heteroatoms. The largest absolute Gasteiger partial charge is 0.338 e. The normalized spacial score (nSPS) is 10.7. The lowest BCUT2D eigenvalue weighted by Crippen LogP contribution is -2.04. The molecular formula is C12H15N3OS. The molecule has 0 aliphatic rings. The highest BCUT2D eigenvalue weighted by Crippen LogP contribution is 2.22. The summed E-state index contributed by atoms with van der Waals surface area (Å²) in [5.41, 5.74) is 0.983. The molecule has 0 fully saturated rings.